The lowest BCUT2D eigenvalue weighted by molar-refractivity contribution is 0.586. The summed E-state index contributed by atoms with van der Waals surface area (Å²) in [6.07, 6.45) is 5.28. The van der Waals surface area contributed by atoms with E-state index in [1.165, 1.54) is 24.5 Å². The molecule has 27 heavy (non-hydrogen) atoms. The fourth-order valence-electron chi connectivity index (χ4n) is 2.73. The van der Waals surface area contributed by atoms with Crippen LogP contribution in [0.4, 0.5) is 15.9 Å². The summed E-state index contributed by atoms with van der Waals surface area (Å²) in [5.74, 6) is 0.380. The highest BCUT2D eigenvalue weighted by atomic mass is 32.1. The molecule has 3 aromatic rings. The SMILES string of the molecule is CCCCc1ccc(NC(=S)Nc2ccn(Cc3ccccc3F)n2)cc1. The van der Waals surface area contributed by atoms with Gasteiger partial charge < -0.3 is 10.6 Å². The van der Waals surface area contributed by atoms with Gasteiger partial charge in [0.2, 0.25) is 0 Å². The van der Waals surface area contributed by atoms with E-state index in [9.17, 15) is 4.39 Å². The van der Waals surface area contributed by atoms with Crippen LogP contribution in [-0.2, 0) is 13.0 Å². The number of nitrogens with zero attached hydrogens (tertiary/aromatic N) is 2. The molecule has 2 aromatic carbocycles. The van der Waals surface area contributed by atoms with E-state index >= 15 is 0 Å². The van der Waals surface area contributed by atoms with Crippen LogP contribution in [0.2, 0.25) is 0 Å². The molecule has 1 heterocycles. The smallest absolute Gasteiger partial charge is 0.176 e. The zero-order valence-electron chi connectivity index (χ0n) is 15.3. The van der Waals surface area contributed by atoms with Crippen LogP contribution in [0.15, 0.2) is 60.8 Å². The third kappa shape index (κ3) is 5.62. The monoisotopic (exact) mass is 382 g/mol. The maximum absolute atomic E-state index is 13.7. The zero-order valence-corrected chi connectivity index (χ0v) is 16.1. The number of halogens is 1. The predicted octanol–water partition coefficient (Wildman–Crippen LogP) is 5.22. The molecule has 0 unspecified atom stereocenters. The van der Waals surface area contributed by atoms with E-state index in [1.54, 1.807) is 23.0 Å². The zero-order chi connectivity index (χ0) is 19.1. The first-order valence-electron chi connectivity index (χ1n) is 9.08. The third-order valence-electron chi connectivity index (χ3n) is 4.20. The Bertz CT molecular complexity index is 889. The molecule has 140 valence electrons. The van der Waals surface area contributed by atoms with E-state index in [2.05, 4.69) is 34.8 Å². The Morgan fingerprint density at radius 2 is 1.85 bits per heavy atom. The van der Waals surface area contributed by atoms with Crippen molar-refractivity contribution in [1.82, 2.24) is 9.78 Å². The second-order valence-corrected chi connectivity index (χ2v) is 6.78. The Morgan fingerprint density at radius 3 is 2.59 bits per heavy atom. The molecule has 1 aromatic heterocycles. The van der Waals surface area contributed by atoms with Gasteiger partial charge in [-0.1, -0.05) is 43.7 Å². The van der Waals surface area contributed by atoms with Crippen molar-refractivity contribution in [3.8, 4) is 0 Å². The highest BCUT2D eigenvalue weighted by molar-refractivity contribution is 7.80. The molecule has 0 aliphatic rings. The van der Waals surface area contributed by atoms with Crippen molar-refractivity contribution in [3.05, 3.63) is 77.7 Å². The summed E-state index contributed by atoms with van der Waals surface area (Å²) >= 11 is 5.35. The van der Waals surface area contributed by atoms with E-state index < -0.39 is 0 Å². The number of aromatic nitrogens is 2. The van der Waals surface area contributed by atoms with Crippen molar-refractivity contribution in [2.75, 3.05) is 10.6 Å². The van der Waals surface area contributed by atoms with Gasteiger partial charge in [0.25, 0.3) is 0 Å². The van der Waals surface area contributed by atoms with Crippen LogP contribution in [-0.4, -0.2) is 14.9 Å². The minimum absolute atomic E-state index is 0.234. The number of thiocarbonyl (C=S) groups is 1. The van der Waals surface area contributed by atoms with Crippen molar-refractivity contribution < 1.29 is 4.39 Å². The maximum atomic E-state index is 13.7. The summed E-state index contributed by atoms with van der Waals surface area (Å²) in [5, 5.41) is 11.1. The van der Waals surface area contributed by atoms with Gasteiger partial charge in [-0.15, -0.1) is 0 Å². The van der Waals surface area contributed by atoms with Gasteiger partial charge in [-0.3, -0.25) is 4.68 Å². The molecule has 0 amide bonds. The lowest BCUT2D eigenvalue weighted by Crippen LogP contribution is -2.19. The van der Waals surface area contributed by atoms with Gasteiger partial charge in [-0.25, -0.2) is 4.39 Å². The molecular weight excluding hydrogens is 359 g/mol. The molecule has 6 heteroatoms. The Kier molecular flexibility index (Phi) is 6.54. The van der Waals surface area contributed by atoms with Gasteiger partial charge in [0.05, 0.1) is 6.54 Å². The van der Waals surface area contributed by atoms with Crippen LogP contribution in [0.3, 0.4) is 0 Å². The Balaban J connectivity index is 1.54. The topological polar surface area (TPSA) is 41.9 Å². The summed E-state index contributed by atoms with van der Waals surface area (Å²) in [6.45, 7) is 2.56. The maximum Gasteiger partial charge on any atom is 0.176 e. The van der Waals surface area contributed by atoms with Crippen LogP contribution in [0.25, 0.3) is 0 Å². The fourth-order valence-corrected chi connectivity index (χ4v) is 2.95. The van der Waals surface area contributed by atoms with Crippen LogP contribution < -0.4 is 10.6 Å². The van der Waals surface area contributed by atoms with Crippen LogP contribution in [0, 0.1) is 5.82 Å². The molecule has 0 fully saturated rings. The molecular formula is C21H23FN4S. The number of anilines is 2. The molecule has 0 bridgehead atoms. The molecule has 0 spiro atoms. The Morgan fingerprint density at radius 1 is 1.07 bits per heavy atom. The molecule has 0 saturated heterocycles. The van der Waals surface area contributed by atoms with E-state index in [1.807, 2.05) is 24.3 Å². The average molecular weight is 383 g/mol. The number of benzene rings is 2. The fraction of sp³-hybridized carbons (Fsp3) is 0.238. The molecule has 0 atom stereocenters. The summed E-state index contributed by atoms with van der Waals surface area (Å²) in [6, 6.07) is 16.8. The second kappa shape index (κ2) is 9.28. The third-order valence-corrected chi connectivity index (χ3v) is 4.41. The number of rotatable bonds is 7. The lowest BCUT2D eigenvalue weighted by Gasteiger charge is -2.09. The van der Waals surface area contributed by atoms with E-state index in [-0.39, 0.29) is 5.82 Å². The number of hydrogen-bond donors (Lipinski definition) is 2. The van der Waals surface area contributed by atoms with Crippen LogP contribution in [0.1, 0.15) is 30.9 Å². The number of hydrogen-bond acceptors (Lipinski definition) is 2. The van der Waals surface area contributed by atoms with E-state index in [0.717, 1.165) is 12.1 Å². The minimum Gasteiger partial charge on any atom is -0.332 e. The van der Waals surface area contributed by atoms with Gasteiger partial charge in [-0.2, -0.15) is 5.10 Å². The Labute approximate surface area is 164 Å². The summed E-state index contributed by atoms with van der Waals surface area (Å²) < 4.78 is 15.4. The van der Waals surface area contributed by atoms with Gasteiger partial charge in [-0.05, 0) is 48.8 Å². The van der Waals surface area contributed by atoms with Gasteiger partial charge in [0.15, 0.2) is 10.9 Å². The van der Waals surface area contributed by atoms with Gasteiger partial charge in [0.1, 0.15) is 5.82 Å². The molecule has 2 N–H and O–H groups in total. The van der Waals surface area contributed by atoms with Crippen molar-refractivity contribution >= 4 is 28.8 Å². The second-order valence-electron chi connectivity index (χ2n) is 6.37. The molecule has 0 aliphatic carbocycles. The summed E-state index contributed by atoms with van der Waals surface area (Å²) in [4.78, 5) is 0. The van der Waals surface area contributed by atoms with Crippen molar-refractivity contribution in [2.45, 2.75) is 32.7 Å². The number of unbranched alkanes of at least 4 members (excludes halogenated alkanes) is 1. The van der Waals surface area contributed by atoms with E-state index in [4.69, 9.17) is 12.2 Å². The van der Waals surface area contributed by atoms with Crippen molar-refractivity contribution in [1.29, 1.82) is 0 Å². The highest BCUT2D eigenvalue weighted by Gasteiger charge is 2.05. The molecule has 0 radical (unpaired) electrons. The Hall–Kier alpha value is -2.73. The molecule has 0 aliphatic heterocycles. The largest absolute Gasteiger partial charge is 0.332 e. The molecule has 4 nitrogen and oxygen atoms in total. The normalized spacial score (nSPS) is 10.6. The summed E-state index contributed by atoms with van der Waals surface area (Å²) in [7, 11) is 0. The average Bonchev–Trinajstić information content (AvgIpc) is 3.10. The van der Waals surface area contributed by atoms with Crippen LogP contribution >= 0.6 is 12.2 Å². The lowest BCUT2D eigenvalue weighted by atomic mass is 10.1. The van der Waals surface area contributed by atoms with E-state index in [0.29, 0.717) is 23.0 Å². The van der Waals surface area contributed by atoms with Crippen molar-refractivity contribution in [2.24, 2.45) is 0 Å². The highest BCUT2D eigenvalue weighted by Crippen LogP contribution is 2.13. The standard InChI is InChI=1S/C21H23FN4S/c1-2-3-6-16-9-11-18(12-10-16)23-21(27)24-20-13-14-26(25-20)15-17-7-4-5-8-19(17)22/h4-5,7-14H,2-3,6,15H2,1H3,(H2,23,24,25,27). The minimum atomic E-state index is -0.234. The quantitative estimate of drug-likeness (QED) is 0.550. The van der Waals surface area contributed by atoms with Gasteiger partial charge in [0, 0.05) is 23.5 Å². The first kappa shape index (κ1) is 19.0. The van der Waals surface area contributed by atoms with Crippen LogP contribution in [0.5, 0.6) is 0 Å². The predicted molar refractivity (Wildman–Crippen MR) is 113 cm³/mol. The number of aryl methyl sites for hydroxylation is 1. The number of nitrogens with one attached hydrogen (secondary N) is 2. The molecule has 0 saturated carbocycles. The first-order chi connectivity index (χ1) is 13.1. The first-order valence-corrected chi connectivity index (χ1v) is 9.48. The summed E-state index contributed by atoms with van der Waals surface area (Å²) in [5.41, 5.74) is 2.85. The van der Waals surface area contributed by atoms with Crippen molar-refractivity contribution in [3.63, 3.8) is 0 Å². The van der Waals surface area contributed by atoms with Gasteiger partial charge >= 0.3 is 0 Å². The molecule has 3 rings (SSSR count).